The summed E-state index contributed by atoms with van der Waals surface area (Å²) in [5.41, 5.74) is 0.839. The zero-order valence-electron chi connectivity index (χ0n) is 19.2. The molecule has 160 valence electrons. The fourth-order valence-electron chi connectivity index (χ4n) is 8.82. The molecule has 3 aliphatic carbocycles. The molecule has 1 aliphatic heterocycles. The number of rotatable bonds is 5. The topological polar surface area (TPSA) is 29.1 Å². The molecule has 0 aromatic heterocycles. The third-order valence-electron chi connectivity index (χ3n) is 10.4. The predicted octanol–water partition coefficient (Wildman–Crippen LogP) is 6.44. The van der Waals surface area contributed by atoms with Gasteiger partial charge in [-0.25, -0.2) is 0 Å². The maximum Gasteiger partial charge on any atom is 0.220 e. The van der Waals surface area contributed by atoms with Crippen molar-refractivity contribution in [1.82, 2.24) is 5.32 Å². The highest BCUT2D eigenvalue weighted by molar-refractivity contribution is 5.77. The molecule has 0 radical (unpaired) electrons. The minimum Gasteiger partial charge on any atom is -0.356 e. The Labute approximate surface area is 174 Å². The molecule has 2 heteroatoms. The average molecular weight is 388 g/mol. The fourth-order valence-corrected chi connectivity index (χ4v) is 8.82. The standard InChI is InChI=1S/C26H45NO/c1-17(2)7-6-8-18(3)21-11-12-22-20-10-9-19-16-27-24(28)15-26(19,5)23(20)13-14-25(21,22)4/h17-23H,6-16H2,1-5H3,(H,27,28)/t18-,19+,20+,21-,22+,23+,25-,26+/m1/s1. The van der Waals surface area contributed by atoms with E-state index >= 15 is 0 Å². The van der Waals surface area contributed by atoms with Gasteiger partial charge in [-0.2, -0.15) is 0 Å². The Kier molecular flexibility index (Phi) is 5.64. The monoisotopic (exact) mass is 387 g/mol. The van der Waals surface area contributed by atoms with Gasteiger partial charge in [-0.1, -0.05) is 53.9 Å². The van der Waals surface area contributed by atoms with Crippen LogP contribution in [0.5, 0.6) is 0 Å². The lowest BCUT2D eigenvalue weighted by Crippen LogP contribution is -2.58. The first-order valence-corrected chi connectivity index (χ1v) is 12.5. The first kappa shape index (κ1) is 20.7. The van der Waals surface area contributed by atoms with Gasteiger partial charge in [0.2, 0.25) is 5.91 Å². The number of nitrogens with one attached hydrogen (secondary N) is 1. The van der Waals surface area contributed by atoms with E-state index in [1.807, 2.05) is 0 Å². The Balaban J connectivity index is 1.48. The van der Waals surface area contributed by atoms with Crippen molar-refractivity contribution in [2.24, 2.45) is 52.3 Å². The zero-order chi connectivity index (χ0) is 20.1. The molecule has 0 aromatic carbocycles. The average Bonchev–Trinajstić information content (AvgIpc) is 2.98. The van der Waals surface area contributed by atoms with E-state index in [0.29, 0.717) is 11.3 Å². The molecule has 1 amide bonds. The molecular weight excluding hydrogens is 342 g/mol. The lowest BCUT2D eigenvalue weighted by atomic mass is 9.45. The minimum absolute atomic E-state index is 0.271. The van der Waals surface area contributed by atoms with E-state index in [-0.39, 0.29) is 5.41 Å². The summed E-state index contributed by atoms with van der Waals surface area (Å²) in [5.74, 6) is 6.32. The largest absolute Gasteiger partial charge is 0.356 e. The summed E-state index contributed by atoms with van der Waals surface area (Å²) in [6.45, 7) is 13.4. The summed E-state index contributed by atoms with van der Waals surface area (Å²) in [6.07, 6.45) is 13.5. The van der Waals surface area contributed by atoms with E-state index in [9.17, 15) is 4.79 Å². The van der Waals surface area contributed by atoms with Crippen LogP contribution in [0.2, 0.25) is 0 Å². The summed E-state index contributed by atoms with van der Waals surface area (Å²) in [7, 11) is 0. The lowest BCUT2D eigenvalue weighted by molar-refractivity contribution is -0.143. The second-order valence-electron chi connectivity index (χ2n) is 12.2. The van der Waals surface area contributed by atoms with Crippen LogP contribution in [-0.4, -0.2) is 12.5 Å². The van der Waals surface area contributed by atoms with Crippen molar-refractivity contribution in [2.45, 2.75) is 98.8 Å². The maximum absolute atomic E-state index is 12.3. The molecule has 3 saturated carbocycles. The Hall–Kier alpha value is -0.530. The van der Waals surface area contributed by atoms with Gasteiger partial charge in [0.15, 0.2) is 0 Å². The number of carbonyl (C=O) groups is 1. The summed E-state index contributed by atoms with van der Waals surface area (Å²) in [4.78, 5) is 12.3. The Morgan fingerprint density at radius 1 is 0.964 bits per heavy atom. The van der Waals surface area contributed by atoms with E-state index in [2.05, 4.69) is 39.9 Å². The summed E-state index contributed by atoms with van der Waals surface area (Å²) in [6, 6.07) is 0. The van der Waals surface area contributed by atoms with Crippen molar-refractivity contribution in [3.8, 4) is 0 Å². The van der Waals surface area contributed by atoms with Crippen molar-refractivity contribution >= 4 is 5.91 Å². The van der Waals surface area contributed by atoms with Crippen LogP contribution >= 0.6 is 0 Å². The van der Waals surface area contributed by atoms with Gasteiger partial charge >= 0.3 is 0 Å². The second-order valence-corrected chi connectivity index (χ2v) is 12.2. The molecule has 2 nitrogen and oxygen atoms in total. The van der Waals surface area contributed by atoms with E-state index in [0.717, 1.165) is 54.4 Å². The van der Waals surface area contributed by atoms with Crippen molar-refractivity contribution in [3.05, 3.63) is 0 Å². The summed E-state index contributed by atoms with van der Waals surface area (Å²) >= 11 is 0. The van der Waals surface area contributed by atoms with Crippen molar-refractivity contribution in [3.63, 3.8) is 0 Å². The lowest BCUT2D eigenvalue weighted by Gasteiger charge is -2.60. The smallest absolute Gasteiger partial charge is 0.220 e. The normalized spacial score (nSPS) is 46.5. The Bertz CT molecular complexity index is 585. The van der Waals surface area contributed by atoms with Crippen molar-refractivity contribution < 1.29 is 4.79 Å². The number of piperidine rings is 1. The molecule has 1 N–H and O–H groups in total. The van der Waals surface area contributed by atoms with Crippen LogP contribution in [0.15, 0.2) is 0 Å². The third-order valence-corrected chi connectivity index (χ3v) is 10.4. The predicted molar refractivity (Wildman–Crippen MR) is 117 cm³/mol. The summed E-state index contributed by atoms with van der Waals surface area (Å²) in [5, 5.41) is 3.17. The van der Waals surface area contributed by atoms with Crippen LogP contribution in [0, 0.1) is 52.3 Å². The van der Waals surface area contributed by atoms with E-state index in [1.54, 1.807) is 0 Å². The first-order chi connectivity index (χ1) is 13.3. The highest BCUT2D eigenvalue weighted by Gasteiger charge is 2.60. The fraction of sp³-hybridized carbons (Fsp3) is 0.962. The molecule has 4 fully saturated rings. The quantitative estimate of drug-likeness (QED) is 0.577. The van der Waals surface area contributed by atoms with Crippen LogP contribution in [-0.2, 0) is 4.79 Å². The van der Waals surface area contributed by atoms with Crippen LogP contribution in [0.3, 0.4) is 0 Å². The molecule has 1 heterocycles. The van der Waals surface area contributed by atoms with E-state index in [4.69, 9.17) is 0 Å². The van der Waals surface area contributed by atoms with Gasteiger partial charge in [-0.3, -0.25) is 4.79 Å². The van der Waals surface area contributed by atoms with Gasteiger partial charge in [0, 0.05) is 13.0 Å². The van der Waals surface area contributed by atoms with Gasteiger partial charge in [-0.15, -0.1) is 0 Å². The second kappa shape index (κ2) is 7.62. The number of fused-ring (bicyclic) bond motifs is 5. The molecule has 0 bridgehead atoms. The Morgan fingerprint density at radius 2 is 1.71 bits per heavy atom. The molecule has 1 saturated heterocycles. The molecule has 8 atom stereocenters. The van der Waals surface area contributed by atoms with E-state index in [1.165, 1.54) is 57.8 Å². The van der Waals surface area contributed by atoms with Gasteiger partial charge in [0.1, 0.15) is 0 Å². The number of hydrogen-bond donors (Lipinski definition) is 1. The van der Waals surface area contributed by atoms with Crippen LogP contribution in [0.1, 0.15) is 98.8 Å². The SMILES string of the molecule is CC(C)CCC[C@@H](C)[C@H]1CC[C@H]2[C@@H]3CC[C@H]4CNC(=O)C[C@]4(C)[C@H]3CC[C@]12C. The molecule has 4 rings (SSSR count). The van der Waals surface area contributed by atoms with Crippen LogP contribution < -0.4 is 5.32 Å². The number of carbonyl (C=O) groups excluding carboxylic acids is 1. The van der Waals surface area contributed by atoms with Gasteiger partial charge in [0.25, 0.3) is 0 Å². The van der Waals surface area contributed by atoms with Crippen LogP contribution in [0.4, 0.5) is 0 Å². The molecule has 0 spiro atoms. The molecule has 0 unspecified atom stereocenters. The molecule has 28 heavy (non-hydrogen) atoms. The van der Waals surface area contributed by atoms with Gasteiger partial charge in [-0.05, 0) is 90.8 Å². The highest BCUT2D eigenvalue weighted by atomic mass is 16.1. The molecule has 4 aliphatic rings. The van der Waals surface area contributed by atoms with Gasteiger partial charge < -0.3 is 5.32 Å². The van der Waals surface area contributed by atoms with Crippen LogP contribution in [0.25, 0.3) is 0 Å². The van der Waals surface area contributed by atoms with Crippen molar-refractivity contribution in [2.75, 3.05) is 6.54 Å². The zero-order valence-corrected chi connectivity index (χ0v) is 19.2. The number of hydrogen-bond acceptors (Lipinski definition) is 1. The maximum atomic E-state index is 12.3. The first-order valence-electron chi connectivity index (χ1n) is 12.5. The Morgan fingerprint density at radius 3 is 2.46 bits per heavy atom. The minimum atomic E-state index is 0.271. The summed E-state index contributed by atoms with van der Waals surface area (Å²) < 4.78 is 0. The molecule has 0 aromatic rings. The van der Waals surface area contributed by atoms with Crippen molar-refractivity contribution in [1.29, 1.82) is 0 Å². The van der Waals surface area contributed by atoms with E-state index < -0.39 is 0 Å². The molecular formula is C26H45NO. The number of amides is 1. The van der Waals surface area contributed by atoms with Gasteiger partial charge in [0.05, 0.1) is 0 Å². The highest BCUT2D eigenvalue weighted by Crippen LogP contribution is 2.67. The third kappa shape index (κ3) is 3.35.